The molecule has 0 spiro atoms. The van der Waals surface area contributed by atoms with Crippen LogP contribution in [0.15, 0.2) is 29.8 Å². The topological polar surface area (TPSA) is 37.3 Å². The van der Waals surface area contributed by atoms with Gasteiger partial charge in [-0.15, -0.1) is 0 Å². The van der Waals surface area contributed by atoms with Crippen molar-refractivity contribution in [3.8, 4) is 0 Å². The fourth-order valence-corrected chi connectivity index (χ4v) is 2.23. The number of rotatable bonds is 3. The molecule has 0 heterocycles. The average molecular weight is 230 g/mol. The first-order chi connectivity index (χ1) is 8.16. The number of allylic oxidation sites excluding steroid dienone is 1. The molecule has 1 aliphatic carbocycles. The van der Waals surface area contributed by atoms with Gasteiger partial charge >= 0.3 is 5.97 Å². The standard InChI is InChI=1S/C15H18O2/c1-11(15(16)17)14-8-6-13(7-9-14)10-12-4-2-3-5-12/h6-11H,2-5H2,1H3,(H,16,17). The normalized spacial score (nSPS) is 16.9. The maximum absolute atomic E-state index is 10.9. The van der Waals surface area contributed by atoms with Crippen LogP contribution in [-0.4, -0.2) is 11.1 Å². The molecule has 1 fully saturated rings. The van der Waals surface area contributed by atoms with Crippen molar-refractivity contribution in [2.75, 3.05) is 0 Å². The van der Waals surface area contributed by atoms with Gasteiger partial charge in [-0.1, -0.05) is 35.9 Å². The van der Waals surface area contributed by atoms with E-state index in [2.05, 4.69) is 6.08 Å². The average Bonchev–Trinajstić information content (AvgIpc) is 2.82. The van der Waals surface area contributed by atoms with E-state index in [4.69, 9.17) is 5.11 Å². The maximum Gasteiger partial charge on any atom is 0.310 e. The molecule has 1 unspecified atom stereocenters. The van der Waals surface area contributed by atoms with Gasteiger partial charge in [0.2, 0.25) is 0 Å². The third kappa shape index (κ3) is 2.96. The molecule has 2 rings (SSSR count). The van der Waals surface area contributed by atoms with Crippen molar-refractivity contribution in [3.63, 3.8) is 0 Å². The van der Waals surface area contributed by atoms with Crippen LogP contribution < -0.4 is 0 Å². The lowest BCUT2D eigenvalue weighted by Crippen LogP contribution is -2.06. The number of hydrogen-bond acceptors (Lipinski definition) is 1. The smallest absolute Gasteiger partial charge is 0.310 e. The summed E-state index contributed by atoms with van der Waals surface area (Å²) in [5, 5.41) is 8.92. The molecule has 0 amide bonds. The number of benzene rings is 1. The maximum atomic E-state index is 10.9. The summed E-state index contributed by atoms with van der Waals surface area (Å²) in [6.45, 7) is 1.72. The Morgan fingerprint density at radius 1 is 1.24 bits per heavy atom. The Morgan fingerprint density at radius 2 is 1.82 bits per heavy atom. The number of carboxylic acid groups (broad SMARTS) is 1. The largest absolute Gasteiger partial charge is 0.481 e. The highest BCUT2D eigenvalue weighted by atomic mass is 16.4. The second-order valence-electron chi connectivity index (χ2n) is 4.74. The van der Waals surface area contributed by atoms with Crippen molar-refractivity contribution in [1.82, 2.24) is 0 Å². The zero-order valence-electron chi connectivity index (χ0n) is 10.1. The molecule has 1 saturated carbocycles. The van der Waals surface area contributed by atoms with E-state index in [9.17, 15) is 4.79 Å². The summed E-state index contributed by atoms with van der Waals surface area (Å²) < 4.78 is 0. The monoisotopic (exact) mass is 230 g/mol. The van der Waals surface area contributed by atoms with Gasteiger partial charge in [0.25, 0.3) is 0 Å². The van der Waals surface area contributed by atoms with Gasteiger partial charge < -0.3 is 5.11 Å². The highest BCUT2D eigenvalue weighted by molar-refractivity contribution is 5.75. The Labute approximate surface area is 102 Å². The van der Waals surface area contributed by atoms with Crippen LogP contribution in [0, 0.1) is 0 Å². The van der Waals surface area contributed by atoms with Gasteiger partial charge in [0.05, 0.1) is 5.92 Å². The van der Waals surface area contributed by atoms with Gasteiger partial charge in [-0.3, -0.25) is 4.79 Å². The fourth-order valence-electron chi connectivity index (χ4n) is 2.23. The predicted molar refractivity (Wildman–Crippen MR) is 68.9 cm³/mol. The van der Waals surface area contributed by atoms with Crippen LogP contribution in [0.3, 0.4) is 0 Å². The molecule has 1 N–H and O–H groups in total. The molecular formula is C15H18O2. The van der Waals surface area contributed by atoms with Crippen LogP contribution in [0.25, 0.3) is 6.08 Å². The minimum atomic E-state index is -0.771. The SMILES string of the molecule is CC(C(=O)O)c1ccc(C=C2CCCC2)cc1. The van der Waals surface area contributed by atoms with Gasteiger partial charge in [0, 0.05) is 0 Å². The third-order valence-corrected chi connectivity index (χ3v) is 3.42. The van der Waals surface area contributed by atoms with Crippen molar-refractivity contribution < 1.29 is 9.90 Å². The first-order valence-electron chi connectivity index (χ1n) is 6.19. The lowest BCUT2D eigenvalue weighted by atomic mass is 9.99. The molecule has 0 aliphatic heterocycles. The van der Waals surface area contributed by atoms with Crippen LogP contribution in [-0.2, 0) is 4.79 Å². The summed E-state index contributed by atoms with van der Waals surface area (Å²) in [6.07, 6.45) is 7.28. The Morgan fingerprint density at radius 3 is 2.35 bits per heavy atom. The third-order valence-electron chi connectivity index (χ3n) is 3.42. The molecule has 17 heavy (non-hydrogen) atoms. The molecule has 1 atom stereocenters. The molecule has 0 aromatic heterocycles. The lowest BCUT2D eigenvalue weighted by molar-refractivity contribution is -0.138. The summed E-state index contributed by atoms with van der Waals surface area (Å²) in [4.78, 5) is 10.9. The molecule has 2 nitrogen and oxygen atoms in total. The molecule has 1 aliphatic rings. The quantitative estimate of drug-likeness (QED) is 0.856. The van der Waals surface area contributed by atoms with Crippen LogP contribution in [0.5, 0.6) is 0 Å². The summed E-state index contributed by atoms with van der Waals surface area (Å²) >= 11 is 0. The highest BCUT2D eigenvalue weighted by Crippen LogP contribution is 2.26. The van der Waals surface area contributed by atoms with E-state index in [1.54, 1.807) is 6.92 Å². The zero-order valence-corrected chi connectivity index (χ0v) is 10.1. The fraction of sp³-hybridized carbons (Fsp3) is 0.400. The zero-order chi connectivity index (χ0) is 12.3. The summed E-state index contributed by atoms with van der Waals surface area (Å²) in [6, 6.07) is 7.86. The lowest BCUT2D eigenvalue weighted by Gasteiger charge is -2.06. The second-order valence-corrected chi connectivity index (χ2v) is 4.74. The highest BCUT2D eigenvalue weighted by Gasteiger charge is 2.13. The molecule has 2 heteroatoms. The predicted octanol–water partition coefficient (Wildman–Crippen LogP) is 3.83. The molecular weight excluding hydrogens is 212 g/mol. The number of aliphatic carboxylic acids is 1. The van der Waals surface area contributed by atoms with Gasteiger partial charge in [-0.25, -0.2) is 0 Å². The second kappa shape index (κ2) is 5.17. The van der Waals surface area contributed by atoms with Crippen LogP contribution >= 0.6 is 0 Å². The van der Waals surface area contributed by atoms with Crippen molar-refractivity contribution in [2.45, 2.75) is 38.5 Å². The Balaban J connectivity index is 2.12. The van der Waals surface area contributed by atoms with Crippen molar-refractivity contribution >= 4 is 12.0 Å². The van der Waals surface area contributed by atoms with Crippen molar-refractivity contribution in [2.24, 2.45) is 0 Å². The van der Waals surface area contributed by atoms with Crippen LogP contribution in [0.2, 0.25) is 0 Å². The summed E-state index contributed by atoms with van der Waals surface area (Å²) in [5.74, 6) is -1.20. The van der Waals surface area contributed by atoms with E-state index in [1.807, 2.05) is 24.3 Å². The van der Waals surface area contributed by atoms with Gasteiger partial charge in [0.1, 0.15) is 0 Å². The van der Waals surface area contributed by atoms with Crippen molar-refractivity contribution in [1.29, 1.82) is 0 Å². The number of hydrogen-bond donors (Lipinski definition) is 1. The minimum absolute atomic E-state index is 0.428. The first-order valence-corrected chi connectivity index (χ1v) is 6.19. The van der Waals surface area contributed by atoms with E-state index < -0.39 is 11.9 Å². The number of carboxylic acids is 1. The molecule has 0 saturated heterocycles. The molecule has 1 aromatic rings. The van der Waals surface area contributed by atoms with Crippen LogP contribution in [0.1, 0.15) is 49.7 Å². The molecule has 0 radical (unpaired) electrons. The van der Waals surface area contributed by atoms with E-state index in [1.165, 1.54) is 36.8 Å². The Hall–Kier alpha value is -1.57. The van der Waals surface area contributed by atoms with Gasteiger partial charge in [0.15, 0.2) is 0 Å². The van der Waals surface area contributed by atoms with E-state index >= 15 is 0 Å². The summed E-state index contributed by atoms with van der Waals surface area (Å²) in [7, 11) is 0. The first kappa shape index (κ1) is 11.9. The Kier molecular flexibility index (Phi) is 3.62. The van der Waals surface area contributed by atoms with E-state index in [-0.39, 0.29) is 0 Å². The summed E-state index contributed by atoms with van der Waals surface area (Å²) in [5.41, 5.74) is 3.57. The van der Waals surface area contributed by atoms with E-state index in [0.29, 0.717) is 0 Å². The van der Waals surface area contributed by atoms with Crippen molar-refractivity contribution in [3.05, 3.63) is 41.0 Å². The van der Waals surface area contributed by atoms with Gasteiger partial charge in [-0.05, 0) is 43.7 Å². The minimum Gasteiger partial charge on any atom is -0.481 e. The molecule has 90 valence electrons. The molecule has 1 aromatic carbocycles. The molecule has 0 bridgehead atoms. The van der Waals surface area contributed by atoms with E-state index in [0.717, 1.165) is 5.56 Å². The number of carbonyl (C=O) groups is 1. The van der Waals surface area contributed by atoms with Crippen LogP contribution in [0.4, 0.5) is 0 Å². The van der Waals surface area contributed by atoms with Gasteiger partial charge in [-0.2, -0.15) is 0 Å². The Bertz CT molecular complexity index is 421.